The first-order chi connectivity index (χ1) is 8.72. The van der Waals surface area contributed by atoms with E-state index in [2.05, 4.69) is 18.7 Å². The number of rotatable bonds is 7. The molecule has 2 heteroatoms. The van der Waals surface area contributed by atoms with Crippen LogP contribution in [-0.2, 0) is 0 Å². The van der Waals surface area contributed by atoms with E-state index >= 15 is 0 Å². The third kappa shape index (κ3) is 4.45. The second-order valence-corrected chi connectivity index (χ2v) is 8.07. The van der Waals surface area contributed by atoms with Gasteiger partial charge in [0.1, 0.15) is 0 Å². The minimum Gasteiger partial charge on any atom is -0.390 e. The normalized spacial score (nSPS) is 35.7. The Morgan fingerprint density at radius 1 is 1.00 bits per heavy atom. The number of thioether (sulfide) groups is 1. The molecule has 0 amide bonds. The lowest BCUT2D eigenvalue weighted by Crippen LogP contribution is -2.42. The molecule has 18 heavy (non-hydrogen) atoms. The third-order valence-corrected chi connectivity index (χ3v) is 6.22. The molecule has 2 bridgehead atoms. The second-order valence-electron chi connectivity index (χ2n) is 6.46. The highest BCUT2D eigenvalue weighted by molar-refractivity contribution is 8.00. The molecular weight excluding hydrogens is 240 g/mol. The van der Waals surface area contributed by atoms with Crippen LogP contribution in [0.3, 0.4) is 0 Å². The van der Waals surface area contributed by atoms with Crippen LogP contribution in [0.1, 0.15) is 84.0 Å². The van der Waals surface area contributed by atoms with Gasteiger partial charge in [0.25, 0.3) is 0 Å². The molecule has 2 rings (SSSR count). The van der Waals surface area contributed by atoms with E-state index in [9.17, 15) is 5.11 Å². The maximum Gasteiger partial charge on any atom is 0.0668 e. The largest absolute Gasteiger partial charge is 0.390 e. The second kappa shape index (κ2) is 7.19. The average Bonchev–Trinajstić information content (AvgIpc) is 2.33. The zero-order valence-electron chi connectivity index (χ0n) is 12.0. The van der Waals surface area contributed by atoms with Crippen LogP contribution < -0.4 is 0 Å². The van der Waals surface area contributed by atoms with Gasteiger partial charge in [-0.1, -0.05) is 51.9 Å². The van der Waals surface area contributed by atoms with E-state index in [1.165, 1.54) is 57.8 Å². The van der Waals surface area contributed by atoms with Crippen LogP contribution in [0.25, 0.3) is 0 Å². The van der Waals surface area contributed by atoms with E-state index in [4.69, 9.17) is 0 Å². The van der Waals surface area contributed by atoms with Gasteiger partial charge in [0.05, 0.1) is 5.60 Å². The van der Waals surface area contributed by atoms with E-state index in [0.29, 0.717) is 0 Å². The Labute approximate surface area is 117 Å². The van der Waals surface area contributed by atoms with Crippen molar-refractivity contribution in [3.63, 3.8) is 0 Å². The fraction of sp³-hybridized carbons (Fsp3) is 1.00. The molecule has 0 aromatic rings. The van der Waals surface area contributed by atoms with Gasteiger partial charge in [-0.3, -0.25) is 0 Å². The first-order valence-electron chi connectivity index (χ1n) is 8.10. The molecular formula is C16H30OS. The summed E-state index contributed by atoms with van der Waals surface area (Å²) in [7, 11) is 0. The zero-order chi connectivity index (χ0) is 12.8. The number of unbranched alkanes of at least 4 members (excludes halogenated alkanes) is 5. The topological polar surface area (TPSA) is 20.2 Å². The number of hydrogen-bond donors (Lipinski definition) is 1. The Morgan fingerprint density at radius 3 is 2.28 bits per heavy atom. The van der Waals surface area contributed by atoms with E-state index in [1.54, 1.807) is 0 Å². The Bertz CT molecular complexity index is 229. The van der Waals surface area contributed by atoms with Gasteiger partial charge < -0.3 is 5.11 Å². The summed E-state index contributed by atoms with van der Waals surface area (Å²) in [4.78, 5) is 0. The minimum absolute atomic E-state index is 0.300. The van der Waals surface area contributed by atoms with Crippen molar-refractivity contribution in [3.8, 4) is 0 Å². The van der Waals surface area contributed by atoms with Gasteiger partial charge >= 0.3 is 0 Å². The monoisotopic (exact) mass is 270 g/mol. The molecule has 2 heterocycles. The Kier molecular flexibility index (Phi) is 5.88. The molecule has 2 unspecified atom stereocenters. The highest BCUT2D eigenvalue weighted by Gasteiger charge is 2.40. The molecule has 0 spiro atoms. The Hall–Kier alpha value is 0.310. The minimum atomic E-state index is -0.300. The third-order valence-electron chi connectivity index (χ3n) is 4.65. The summed E-state index contributed by atoms with van der Waals surface area (Å²) >= 11 is 2.17. The summed E-state index contributed by atoms with van der Waals surface area (Å²) in [5.41, 5.74) is -0.300. The summed E-state index contributed by atoms with van der Waals surface area (Å²) in [6.45, 7) is 2.27. The van der Waals surface area contributed by atoms with Crippen LogP contribution in [-0.4, -0.2) is 21.2 Å². The van der Waals surface area contributed by atoms with Crippen LogP contribution in [0.15, 0.2) is 0 Å². The van der Waals surface area contributed by atoms with Crippen LogP contribution >= 0.6 is 11.8 Å². The molecule has 2 aliphatic rings. The summed E-state index contributed by atoms with van der Waals surface area (Å²) in [6.07, 6.45) is 15.3. The van der Waals surface area contributed by atoms with E-state index < -0.39 is 0 Å². The van der Waals surface area contributed by atoms with Crippen molar-refractivity contribution in [2.45, 2.75) is 100 Å². The molecule has 0 aliphatic carbocycles. The van der Waals surface area contributed by atoms with Crippen LogP contribution in [0.2, 0.25) is 0 Å². The Morgan fingerprint density at radius 2 is 1.61 bits per heavy atom. The lowest BCUT2D eigenvalue weighted by Gasteiger charge is -2.44. The van der Waals surface area contributed by atoms with E-state index in [1.807, 2.05) is 0 Å². The maximum absolute atomic E-state index is 10.8. The van der Waals surface area contributed by atoms with Crippen molar-refractivity contribution in [3.05, 3.63) is 0 Å². The first kappa shape index (κ1) is 14.7. The first-order valence-corrected chi connectivity index (χ1v) is 9.04. The lowest BCUT2D eigenvalue weighted by molar-refractivity contribution is 0.00235. The Balaban J connectivity index is 1.65. The molecule has 1 N–H and O–H groups in total. The number of fused-ring (bicyclic) bond motifs is 2. The van der Waals surface area contributed by atoms with Gasteiger partial charge in [-0.25, -0.2) is 0 Å². The highest BCUT2D eigenvalue weighted by atomic mass is 32.2. The van der Waals surface area contributed by atoms with Crippen LogP contribution in [0.5, 0.6) is 0 Å². The summed E-state index contributed by atoms with van der Waals surface area (Å²) in [5.74, 6) is 0. The summed E-state index contributed by atoms with van der Waals surface area (Å²) in [6, 6.07) is 0. The molecule has 106 valence electrons. The molecule has 0 radical (unpaired) electrons. The fourth-order valence-electron chi connectivity index (χ4n) is 3.65. The molecule has 0 saturated carbocycles. The molecule has 2 aliphatic heterocycles. The van der Waals surface area contributed by atoms with Crippen LogP contribution in [0.4, 0.5) is 0 Å². The lowest BCUT2D eigenvalue weighted by atomic mass is 9.82. The fourth-order valence-corrected chi connectivity index (χ4v) is 5.61. The number of aliphatic hydroxyl groups is 1. The van der Waals surface area contributed by atoms with Crippen LogP contribution in [0, 0.1) is 0 Å². The van der Waals surface area contributed by atoms with Crippen molar-refractivity contribution in [2.24, 2.45) is 0 Å². The smallest absolute Gasteiger partial charge is 0.0668 e. The SMILES string of the molecule is CCCCCCCCC1(O)CC2CCCC(C1)S2. The quantitative estimate of drug-likeness (QED) is 0.663. The van der Waals surface area contributed by atoms with Gasteiger partial charge in [-0.15, -0.1) is 0 Å². The number of hydrogen-bond acceptors (Lipinski definition) is 2. The van der Waals surface area contributed by atoms with Gasteiger partial charge in [-0.2, -0.15) is 11.8 Å². The predicted octanol–water partition coefficient (Wildman–Crippen LogP) is 4.92. The average molecular weight is 270 g/mol. The van der Waals surface area contributed by atoms with Crippen molar-refractivity contribution in [2.75, 3.05) is 0 Å². The summed E-state index contributed by atoms with van der Waals surface area (Å²) < 4.78 is 0. The standard InChI is InChI=1S/C16H30OS/c1-2-3-4-5-6-7-11-16(17)12-14-9-8-10-15(13-16)18-14/h14-15,17H,2-13H2,1H3. The zero-order valence-corrected chi connectivity index (χ0v) is 12.8. The molecule has 0 aromatic carbocycles. The van der Waals surface area contributed by atoms with Crippen molar-refractivity contribution >= 4 is 11.8 Å². The molecule has 1 nitrogen and oxygen atoms in total. The van der Waals surface area contributed by atoms with Gasteiger partial charge in [0.15, 0.2) is 0 Å². The van der Waals surface area contributed by atoms with Gasteiger partial charge in [0, 0.05) is 10.5 Å². The summed E-state index contributed by atoms with van der Waals surface area (Å²) in [5, 5.41) is 12.3. The van der Waals surface area contributed by atoms with Crippen molar-refractivity contribution < 1.29 is 5.11 Å². The predicted molar refractivity (Wildman–Crippen MR) is 81.2 cm³/mol. The maximum atomic E-state index is 10.8. The van der Waals surface area contributed by atoms with E-state index in [-0.39, 0.29) is 5.60 Å². The van der Waals surface area contributed by atoms with Gasteiger partial charge in [-0.05, 0) is 32.1 Å². The molecule has 2 fully saturated rings. The van der Waals surface area contributed by atoms with E-state index in [0.717, 1.165) is 29.8 Å². The highest BCUT2D eigenvalue weighted by Crippen LogP contribution is 2.47. The molecule has 0 aromatic heterocycles. The van der Waals surface area contributed by atoms with Gasteiger partial charge in [0.2, 0.25) is 0 Å². The molecule has 2 saturated heterocycles. The van der Waals surface area contributed by atoms with Crippen molar-refractivity contribution in [1.82, 2.24) is 0 Å². The van der Waals surface area contributed by atoms with Crippen molar-refractivity contribution in [1.29, 1.82) is 0 Å². The molecule has 2 atom stereocenters.